The molecule has 0 aliphatic carbocycles. The fraction of sp³-hybridized carbons (Fsp3) is 0.0769. The molecule has 148 valence electrons. The number of nitrogens with one attached hydrogen (secondary N) is 2. The first-order chi connectivity index (χ1) is 14.6. The highest BCUT2D eigenvalue weighted by Crippen LogP contribution is 2.24. The molecule has 0 bridgehead atoms. The van der Waals surface area contributed by atoms with Gasteiger partial charge in [0.1, 0.15) is 0 Å². The summed E-state index contributed by atoms with van der Waals surface area (Å²) in [5.74, 6) is -0.279. The van der Waals surface area contributed by atoms with Gasteiger partial charge < -0.3 is 10.6 Å². The molecule has 4 heteroatoms. The Hall–Kier alpha value is -3.92. The molecule has 0 aliphatic rings. The van der Waals surface area contributed by atoms with E-state index < -0.39 is 0 Å². The van der Waals surface area contributed by atoms with E-state index in [1.807, 2.05) is 79.7 Å². The molecule has 0 fully saturated rings. The van der Waals surface area contributed by atoms with E-state index in [0.717, 1.165) is 21.9 Å². The van der Waals surface area contributed by atoms with Crippen molar-refractivity contribution in [3.05, 3.63) is 108 Å². The van der Waals surface area contributed by atoms with Crippen LogP contribution >= 0.6 is 0 Å². The average molecular weight is 394 g/mol. The Bertz CT molecular complexity index is 1220. The monoisotopic (exact) mass is 394 g/mol. The van der Waals surface area contributed by atoms with Crippen LogP contribution in [0.2, 0.25) is 0 Å². The van der Waals surface area contributed by atoms with Crippen LogP contribution in [-0.4, -0.2) is 11.8 Å². The Morgan fingerprint density at radius 2 is 1.37 bits per heavy atom. The zero-order chi connectivity index (χ0) is 20.9. The van der Waals surface area contributed by atoms with Crippen LogP contribution in [0.15, 0.2) is 91.0 Å². The van der Waals surface area contributed by atoms with E-state index in [-0.39, 0.29) is 18.2 Å². The highest BCUT2D eigenvalue weighted by molar-refractivity contribution is 6.05. The molecule has 0 atom stereocenters. The molecular weight excluding hydrogens is 372 g/mol. The van der Waals surface area contributed by atoms with Crippen molar-refractivity contribution in [2.45, 2.75) is 13.3 Å². The van der Waals surface area contributed by atoms with Crippen molar-refractivity contribution in [2.24, 2.45) is 0 Å². The Morgan fingerprint density at radius 1 is 0.700 bits per heavy atom. The largest absolute Gasteiger partial charge is 0.325 e. The molecule has 4 aromatic rings. The van der Waals surface area contributed by atoms with Crippen LogP contribution < -0.4 is 10.6 Å². The summed E-state index contributed by atoms with van der Waals surface area (Å²) in [6.45, 7) is 1.88. The average Bonchev–Trinajstić information content (AvgIpc) is 2.77. The summed E-state index contributed by atoms with van der Waals surface area (Å²) in [6, 6.07) is 28.7. The second-order valence-corrected chi connectivity index (χ2v) is 7.20. The summed E-state index contributed by atoms with van der Waals surface area (Å²) in [5.41, 5.74) is 3.72. The number of rotatable bonds is 5. The molecule has 0 heterocycles. The Morgan fingerprint density at radius 3 is 2.13 bits per heavy atom. The normalized spacial score (nSPS) is 10.6. The first-order valence-electron chi connectivity index (χ1n) is 9.84. The van der Waals surface area contributed by atoms with Crippen LogP contribution in [0.1, 0.15) is 21.5 Å². The van der Waals surface area contributed by atoms with Crippen LogP contribution in [0.4, 0.5) is 11.4 Å². The van der Waals surface area contributed by atoms with E-state index in [0.29, 0.717) is 16.9 Å². The predicted molar refractivity (Wildman–Crippen MR) is 122 cm³/mol. The van der Waals surface area contributed by atoms with E-state index in [4.69, 9.17) is 0 Å². The summed E-state index contributed by atoms with van der Waals surface area (Å²) in [7, 11) is 0. The second kappa shape index (κ2) is 8.62. The summed E-state index contributed by atoms with van der Waals surface area (Å²) in [5, 5.41) is 8.16. The minimum absolute atomic E-state index is 0.0973. The molecule has 0 unspecified atom stereocenters. The van der Waals surface area contributed by atoms with Crippen molar-refractivity contribution in [3.63, 3.8) is 0 Å². The maximum absolute atomic E-state index is 12.6. The highest BCUT2D eigenvalue weighted by atomic mass is 16.2. The van der Waals surface area contributed by atoms with Crippen molar-refractivity contribution < 1.29 is 9.59 Å². The summed E-state index contributed by atoms with van der Waals surface area (Å²) in [6.07, 6.45) is 0.283. The molecule has 4 aromatic carbocycles. The zero-order valence-electron chi connectivity index (χ0n) is 16.7. The number of hydrogen-bond acceptors (Lipinski definition) is 2. The van der Waals surface area contributed by atoms with E-state index in [9.17, 15) is 9.59 Å². The molecule has 0 saturated carbocycles. The van der Waals surface area contributed by atoms with Gasteiger partial charge in [0.05, 0.1) is 6.42 Å². The second-order valence-electron chi connectivity index (χ2n) is 7.20. The molecule has 4 nitrogen and oxygen atoms in total. The number of benzene rings is 4. The number of amides is 2. The summed E-state index contributed by atoms with van der Waals surface area (Å²) < 4.78 is 0. The summed E-state index contributed by atoms with van der Waals surface area (Å²) >= 11 is 0. The molecule has 0 aliphatic heterocycles. The molecule has 0 spiro atoms. The maximum Gasteiger partial charge on any atom is 0.255 e. The lowest BCUT2D eigenvalue weighted by molar-refractivity contribution is -0.115. The smallest absolute Gasteiger partial charge is 0.255 e. The van der Waals surface area contributed by atoms with Gasteiger partial charge in [0.25, 0.3) is 5.91 Å². The van der Waals surface area contributed by atoms with Crippen LogP contribution in [-0.2, 0) is 11.2 Å². The van der Waals surface area contributed by atoms with Gasteiger partial charge in [-0.2, -0.15) is 0 Å². The van der Waals surface area contributed by atoms with Crippen molar-refractivity contribution >= 4 is 34.0 Å². The lowest BCUT2D eigenvalue weighted by atomic mass is 10.0. The topological polar surface area (TPSA) is 58.2 Å². The van der Waals surface area contributed by atoms with Gasteiger partial charge in [0, 0.05) is 16.9 Å². The first kappa shape index (κ1) is 19.4. The quantitative estimate of drug-likeness (QED) is 0.464. The minimum atomic E-state index is -0.182. The van der Waals surface area contributed by atoms with Crippen LogP contribution in [0.5, 0.6) is 0 Å². The Labute approximate surface area is 175 Å². The van der Waals surface area contributed by atoms with Gasteiger partial charge in [-0.25, -0.2) is 0 Å². The molecular formula is C26H22N2O2. The lowest BCUT2D eigenvalue weighted by Gasteiger charge is -2.14. The highest BCUT2D eigenvalue weighted by Gasteiger charge is 2.12. The van der Waals surface area contributed by atoms with E-state index in [1.165, 1.54) is 0 Å². The SMILES string of the molecule is Cc1c(NC(=O)Cc2ccc3ccccc3c2)cccc1NC(=O)c1ccccc1. The zero-order valence-corrected chi connectivity index (χ0v) is 16.7. The molecule has 0 aromatic heterocycles. The molecule has 2 N–H and O–H groups in total. The Balaban J connectivity index is 1.46. The lowest BCUT2D eigenvalue weighted by Crippen LogP contribution is -2.17. The van der Waals surface area contributed by atoms with Crippen molar-refractivity contribution in [3.8, 4) is 0 Å². The fourth-order valence-corrected chi connectivity index (χ4v) is 3.42. The van der Waals surface area contributed by atoms with Crippen molar-refractivity contribution in [2.75, 3.05) is 10.6 Å². The summed E-state index contributed by atoms with van der Waals surface area (Å²) in [4.78, 5) is 25.1. The van der Waals surface area contributed by atoms with E-state index >= 15 is 0 Å². The van der Waals surface area contributed by atoms with Gasteiger partial charge in [0.15, 0.2) is 0 Å². The maximum atomic E-state index is 12.6. The molecule has 30 heavy (non-hydrogen) atoms. The van der Waals surface area contributed by atoms with Gasteiger partial charge in [0.2, 0.25) is 5.91 Å². The standard InChI is InChI=1S/C26H22N2O2/c1-18-23(12-7-13-24(18)28-26(30)21-9-3-2-4-10-21)27-25(29)17-19-14-15-20-8-5-6-11-22(20)16-19/h2-16H,17H2,1H3,(H,27,29)(H,28,30). The third-order valence-corrected chi connectivity index (χ3v) is 5.07. The van der Waals surface area contributed by atoms with Crippen LogP contribution in [0.3, 0.4) is 0 Å². The minimum Gasteiger partial charge on any atom is -0.325 e. The van der Waals surface area contributed by atoms with Crippen LogP contribution in [0.25, 0.3) is 10.8 Å². The number of carbonyl (C=O) groups excluding carboxylic acids is 2. The van der Waals surface area contributed by atoms with Gasteiger partial charge in [-0.1, -0.05) is 66.7 Å². The number of anilines is 2. The molecule has 0 saturated heterocycles. The number of hydrogen-bond donors (Lipinski definition) is 2. The first-order valence-corrected chi connectivity index (χ1v) is 9.84. The molecule has 4 rings (SSSR count). The Kier molecular flexibility index (Phi) is 5.57. The number of carbonyl (C=O) groups is 2. The predicted octanol–water partition coefficient (Wildman–Crippen LogP) is 5.58. The van der Waals surface area contributed by atoms with Gasteiger partial charge >= 0.3 is 0 Å². The van der Waals surface area contributed by atoms with Gasteiger partial charge in [-0.15, -0.1) is 0 Å². The fourth-order valence-electron chi connectivity index (χ4n) is 3.42. The molecule has 0 radical (unpaired) electrons. The van der Waals surface area contributed by atoms with E-state index in [2.05, 4.69) is 16.7 Å². The third kappa shape index (κ3) is 4.39. The van der Waals surface area contributed by atoms with Crippen molar-refractivity contribution in [1.29, 1.82) is 0 Å². The van der Waals surface area contributed by atoms with Crippen LogP contribution in [0, 0.1) is 6.92 Å². The van der Waals surface area contributed by atoms with E-state index in [1.54, 1.807) is 12.1 Å². The number of fused-ring (bicyclic) bond motifs is 1. The third-order valence-electron chi connectivity index (χ3n) is 5.07. The van der Waals surface area contributed by atoms with Gasteiger partial charge in [-0.05, 0) is 53.1 Å². The van der Waals surface area contributed by atoms with Crippen molar-refractivity contribution in [1.82, 2.24) is 0 Å². The molecule has 2 amide bonds. The van der Waals surface area contributed by atoms with Gasteiger partial charge in [-0.3, -0.25) is 9.59 Å².